The van der Waals surface area contributed by atoms with Gasteiger partial charge in [-0.3, -0.25) is 14.4 Å². The molecule has 0 spiro atoms. The molecule has 1 unspecified atom stereocenters. The summed E-state index contributed by atoms with van der Waals surface area (Å²) in [6.45, 7) is 3.52. The summed E-state index contributed by atoms with van der Waals surface area (Å²) in [5.41, 5.74) is 0. The average molecular weight is 275 g/mol. The summed E-state index contributed by atoms with van der Waals surface area (Å²) in [5.74, 6) is -1.51. The highest BCUT2D eigenvalue weighted by Crippen LogP contribution is 2.23. The molecule has 1 aliphatic heterocycles. The van der Waals surface area contributed by atoms with Crippen molar-refractivity contribution >= 4 is 17.8 Å². The molecule has 0 aromatic rings. The van der Waals surface area contributed by atoms with Crippen molar-refractivity contribution in [3.63, 3.8) is 0 Å². The maximum atomic E-state index is 11.1. The van der Waals surface area contributed by atoms with Crippen LogP contribution >= 0.6 is 0 Å². The van der Waals surface area contributed by atoms with Crippen LogP contribution in [0.2, 0.25) is 0 Å². The number of rotatable bonds is 4. The van der Waals surface area contributed by atoms with Gasteiger partial charge in [-0.25, -0.2) is 0 Å². The highest BCUT2D eigenvalue weighted by Gasteiger charge is 2.47. The minimum Gasteiger partial charge on any atom is -0.463 e. The predicted octanol–water partition coefficient (Wildman–Crippen LogP) is -1.30. The molecule has 19 heavy (non-hydrogen) atoms. The third-order valence-corrected chi connectivity index (χ3v) is 2.47. The standard InChI is InChI=1S/C11H17NO7/c1-5(13)12-9-8(4-17-6(2)14)19-11(16)10(9)18-7(3)15/h8-11,16H,4H2,1-3H3,(H,12,13)/t8-,9+,10?,11-/m1/s1. The van der Waals surface area contributed by atoms with E-state index in [2.05, 4.69) is 5.32 Å². The number of ether oxygens (including phenoxy) is 3. The number of amides is 1. The Hall–Kier alpha value is -1.67. The Kier molecular flexibility index (Phi) is 5.25. The van der Waals surface area contributed by atoms with Gasteiger partial charge in [0.1, 0.15) is 18.8 Å². The second-order valence-corrected chi connectivity index (χ2v) is 4.17. The Balaban J connectivity index is 2.76. The van der Waals surface area contributed by atoms with Crippen molar-refractivity contribution in [2.75, 3.05) is 6.61 Å². The Bertz CT molecular complexity index is 370. The van der Waals surface area contributed by atoms with Crippen molar-refractivity contribution in [2.45, 2.75) is 45.3 Å². The van der Waals surface area contributed by atoms with Gasteiger partial charge in [0.15, 0.2) is 12.4 Å². The lowest BCUT2D eigenvalue weighted by molar-refractivity contribution is -0.171. The summed E-state index contributed by atoms with van der Waals surface area (Å²) >= 11 is 0. The molecule has 1 amide bonds. The molecule has 0 saturated carbocycles. The lowest BCUT2D eigenvalue weighted by atomic mass is 10.1. The molecule has 0 aromatic heterocycles. The Labute approximate surface area is 110 Å². The summed E-state index contributed by atoms with van der Waals surface area (Å²) in [6.07, 6.45) is -3.21. The molecule has 0 aliphatic carbocycles. The van der Waals surface area contributed by atoms with Crippen LogP contribution in [0.4, 0.5) is 0 Å². The summed E-state index contributed by atoms with van der Waals surface area (Å²) in [6, 6.07) is -0.782. The van der Waals surface area contributed by atoms with E-state index in [0.717, 1.165) is 0 Å². The first-order valence-electron chi connectivity index (χ1n) is 5.72. The van der Waals surface area contributed by atoms with Gasteiger partial charge in [0.25, 0.3) is 0 Å². The van der Waals surface area contributed by atoms with E-state index in [-0.39, 0.29) is 12.5 Å². The zero-order valence-electron chi connectivity index (χ0n) is 10.9. The topological polar surface area (TPSA) is 111 Å². The molecule has 1 heterocycles. The fourth-order valence-corrected chi connectivity index (χ4v) is 1.81. The van der Waals surface area contributed by atoms with Crippen LogP contribution in [0.1, 0.15) is 20.8 Å². The van der Waals surface area contributed by atoms with Gasteiger partial charge in [-0.15, -0.1) is 0 Å². The van der Waals surface area contributed by atoms with Gasteiger partial charge in [0, 0.05) is 20.8 Å². The van der Waals surface area contributed by atoms with Gasteiger partial charge in [0.2, 0.25) is 5.91 Å². The molecule has 0 aromatic carbocycles. The number of nitrogens with one attached hydrogen (secondary N) is 1. The number of hydrogen-bond acceptors (Lipinski definition) is 7. The Morgan fingerprint density at radius 3 is 2.32 bits per heavy atom. The maximum Gasteiger partial charge on any atom is 0.303 e. The van der Waals surface area contributed by atoms with E-state index >= 15 is 0 Å². The first-order valence-corrected chi connectivity index (χ1v) is 5.72. The van der Waals surface area contributed by atoms with Gasteiger partial charge < -0.3 is 24.6 Å². The van der Waals surface area contributed by atoms with Crippen molar-refractivity contribution in [3.05, 3.63) is 0 Å². The summed E-state index contributed by atoms with van der Waals surface area (Å²) < 4.78 is 14.8. The fourth-order valence-electron chi connectivity index (χ4n) is 1.81. The van der Waals surface area contributed by atoms with Crippen molar-refractivity contribution in [1.82, 2.24) is 5.32 Å². The molecule has 4 atom stereocenters. The fraction of sp³-hybridized carbons (Fsp3) is 0.727. The first-order chi connectivity index (χ1) is 8.81. The molecule has 8 heteroatoms. The Morgan fingerprint density at radius 2 is 1.84 bits per heavy atom. The average Bonchev–Trinajstić information content (AvgIpc) is 2.53. The molecule has 0 bridgehead atoms. The zero-order chi connectivity index (χ0) is 14.6. The molecule has 1 fully saturated rings. The molecule has 1 saturated heterocycles. The number of aliphatic hydroxyl groups is 1. The SMILES string of the molecule is CC(=O)N[C@@H]1C(OC(C)=O)[C@H](O)O[C@@H]1COC(C)=O. The van der Waals surface area contributed by atoms with E-state index in [0.29, 0.717) is 0 Å². The maximum absolute atomic E-state index is 11.1. The third kappa shape index (κ3) is 4.49. The minimum absolute atomic E-state index is 0.158. The summed E-state index contributed by atoms with van der Waals surface area (Å²) in [5, 5.41) is 12.2. The molecule has 0 radical (unpaired) electrons. The van der Waals surface area contributed by atoms with Crippen LogP contribution in [-0.2, 0) is 28.6 Å². The molecule has 2 N–H and O–H groups in total. The van der Waals surface area contributed by atoms with Crippen LogP contribution in [0, 0.1) is 0 Å². The van der Waals surface area contributed by atoms with E-state index in [1.807, 2.05) is 0 Å². The quantitative estimate of drug-likeness (QED) is 0.613. The summed E-state index contributed by atoms with van der Waals surface area (Å²) in [4.78, 5) is 32.8. The predicted molar refractivity (Wildman–Crippen MR) is 60.7 cm³/mol. The van der Waals surface area contributed by atoms with Crippen molar-refractivity contribution in [1.29, 1.82) is 0 Å². The molecule has 1 rings (SSSR count). The van der Waals surface area contributed by atoms with Crippen molar-refractivity contribution < 1.29 is 33.7 Å². The lowest BCUT2D eigenvalue weighted by Gasteiger charge is -2.22. The normalized spacial score (nSPS) is 29.7. The second kappa shape index (κ2) is 6.48. The molecular formula is C11H17NO7. The van der Waals surface area contributed by atoms with Crippen LogP contribution in [0.15, 0.2) is 0 Å². The highest BCUT2D eigenvalue weighted by atomic mass is 16.7. The van der Waals surface area contributed by atoms with Crippen LogP contribution in [0.25, 0.3) is 0 Å². The molecule has 8 nitrogen and oxygen atoms in total. The van der Waals surface area contributed by atoms with E-state index in [1.165, 1.54) is 20.8 Å². The zero-order valence-corrected chi connectivity index (χ0v) is 10.9. The number of carbonyl (C=O) groups is 3. The van der Waals surface area contributed by atoms with Crippen LogP contribution < -0.4 is 5.32 Å². The number of hydrogen-bond donors (Lipinski definition) is 2. The smallest absolute Gasteiger partial charge is 0.303 e. The van der Waals surface area contributed by atoms with E-state index < -0.39 is 36.5 Å². The largest absolute Gasteiger partial charge is 0.463 e. The van der Waals surface area contributed by atoms with E-state index in [4.69, 9.17) is 14.2 Å². The van der Waals surface area contributed by atoms with Crippen molar-refractivity contribution in [3.8, 4) is 0 Å². The Morgan fingerprint density at radius 1 is 1.21 bits per heavy atom. The monoisotopic (exact) mass is 275 g/mol. The van der Waals surface area contributed by atoms with Gasteiger partial charge in [-0.1, -0.05) is 0 Å². The third-order valence-electron chi connectivity index (χ3n) is 2.47. The number of esters is 2. The van der Waals surface area contributed by atoms with E-state index in [1.54, 1.807) is 0 Å². The minimum atomic E-state index is -1.39. The number of carbonyl (C=O) groups excluding carboxylic acids is 3. The molecular weight excluding hydrogens is 258 g/mol. The molecule has 108 valence electrons. The van der Waals surface area contributed by atoms with E-state index in [9.17, 15) is 19.5 Å². The van der Waals surface area contributed by atoms with Gasteiger partial charge in [-0.05, 0) is 0 Å². The molecule has 1 aliphatic rings. The van der Waals surface area contributed by atoms with Crippen LogP contribution in [0.3, 0.4) is 0 Å². The second-order valence-electron chi connectivity index (χ2n) is 4.17. The highest BCUT2D eigenvalue weighted by molar-refractivity contribution is 5.73. The van der Waals surface area contributed by atoms with Gasteiger partial charge in [0.05, 0.1) is 0 Å². The van der Waals surface area contributed by atoms with Crippen molar-refractivity contribution in [2.24, 2.45) is 0 Å². The first kappa shape index (κ1) is 15.4. The van der Waals surface area contributed by atoms with Crippen LogP contribution in [0.5, 0.6) is 0 Å². The summed E-state index contributed by atoms with van der Waals surface area (Å²) in [7, 11) is 0. The lowest BCUT2D eigenvalue weighted by Crippen LogP contribution is -2.49. The van der Waals surface area contributed by atoms with Gasteiger partial charge in [-0.2, -0.15) is 0 Å². The van der Waals surface area contributed by atoms with Crippen LogP contribution in [-0.4, -0.2) is 54.1 Å². The van der Waals surface area contributed by atoms with Gasteiger partial charge >= 0.3 is 11.9 Å². The number of aliphatic hydroxyl groups excluding tert-OH is 1.